The van der Waals surface area contributed by atoms with Gasteiger partial charge in [-0.2, -0.15) is 0 Å². The minimum atomic E-state index is -0.211. The summed E-state index contributed by atoms with van der Waals surface area (Å²) in [5.41, 5.74) is 3.83. The highest BCUT2D eigenvalue weighted by molar-refractivity contribution is 5.94. The van der Waals surface area contributed by atoms with Gasteiger partial charge in [-0.1, -0.05) is 0 Å². The molecule has 1 aliphatic rings. The first-order chi connectivity index (χ1) is 8.19. The zero-order chi connectivity index (χ0) is 12.0. The third-order valence-electron chi connectivity index (χ3n) is 3.36. The van der Waals surface area contributed by atoms with Crippen molar-refractivity contribution in [1.29, 1.82) is 0 Å². The lowest BCUT2D eigenvalue weighted by molar-refractivity contribution is 0.628. The number of aryl methyl sites for hydroxylation is 1. The van der Waals surface area contributed by atoms with Gasteiger partial charge >= 0.3 is 0 Å². The minimum absolute atomic E-state index is 0.211. The van der Waals surface area contributed by atoms with Crippen LogP contribution < -0.4 is 5.32 Å². The molecule has 1 aromatic carbocycles. The zero-order valence-electron chi connectivity index (χ0n) is 10.0. The number of nitrogens with zero attached hydrogens (tertiary/aromatic N) is 1. The average molecular weight is 230 g/mol. The van der Waals surface area contributed by atoms with Crippen LogP contribution in [-0.2, 0) is 0 Å². The number of aromatic nitrogens is 1. The molecular weight excluding hydrogens is 215 g/mol. The van der Waals surface area contributed by atoms with E-state index in [0.29, 0.717) is 5.92 Å². The van der Waals surface area contributed by atoms with Gasteiger partial charge in [-0.3, -0.25) is 4.98 Å². The van der Waals surface area contributed by atoms with Gasteiger partial charge in [-0.05, 0) is 37.5 Å². The number of hydrogen-bond donors (Lipinski definition) is 1. The molecule has 1 aliphatic carbocycles. The van der Waals surface area contributed by atoms with E-state index >= 15 is 0 Å². The van der Waals surface area contributed by atoms with E-state index in [-0.39, 0.29) is 5.82 Å². The molecule has 3 rings (SSSR count). The van der Waals surface area contributed by atoms with Crippen molar-refractivity contribution in [2.24, 2.45) is 0 Å². The number of fused-ring (bicyclic) bond motifs is 1. The lowest BCUT2D eigenvalue weighted by Crippen LogP contribution is -1.97. The van der Waals surface area contributed by atoms with Crippen LogP contribution in [-0.4, -0.2) is 12.0 Å². The number of anilines is 1. The summed E-state index contributed by atoms with van der Waals surface area (Å²) >= 11 is 0. The largest absolute Gasteiger partial charge is 0.388 e. The zero-order valence-corrected chi connectivity index (χ0v) is 10.0. The lowest BCUT2D eigenvalue weighted by Gasteiger charge is -2.11. The Morgan fingerprint density at radius 2 is 2.06 bits per heavy atom. The second-order valence-corrected chi connectivity index (χ2v) is 4.74. The SMILES string of the molecule is CNc1cc(C2CC2)nc2cc(F)cc(C)c12. The Bertz CT molecular complexity index is 588. The van der Waals surface area contributed by atoms with Crippen LogP contribution in [0.25, 0.3) is 10.9 Å². The molecule has 1 aromatic heterocycles. The van der Waals surface area contributed by atoms with E-state index in [1.54, 1.807) is 6.07 Å². The van der Waals surface area contributed by atoms with Crippen molar-refractivity contribution in [3.05, 3.63) is 35.3 Å². The molecule has 0 radical (unpaired) electrons. The van der Waals surface area contributed by atoms with Crippen LogP contribution in [0.2, 0.25) is 0 Å². The van der Waals surface area contributed by atoms with Crippen molar-refractivity contribution in [3.8, 4) is 0 Å². The lowest BCUT2D eigenvalue weighted by atomic mass is 10.1. The first-order valence-corrected chi connectivity index (χ1v) is 5.97. The van der Waals surface area contributed by atoms with Crippen molar-refractivity contribution in [3.63, 3.8) is 0 Å². The Balaban J connectivity index is 2.31. The standard InChI is InChI=1S/C14H15FN2/c1-8-5-10(15)6-13-14(8)12(16-2)7-11(17-13)9-3-4-9/h5-7,9H,3-4H2,1-2H3,(H,16,17). The predicted octanol–water partition coefficient (Wildman–Crippen LogP) is 3.60. The molecule has 2 aromatic rings. The minimum Gasteiger partial charge on any atom is -0.388 e. The van der Waals surface area contributed by atoms with E-state index in [9.17, 15) is 4.39 Å². The molecule has 0 spiro atoms. The van der Waals surface area contributed by atoms with Crippen LogP contribution in [0.15, 0.2) is 18.2 Å². The quantitative estimate of drug-likeness (QED) is 0.852. The van der Waals surface area contributed by atoms with E-state index in [4.69, 9.17) is 0 Å². The number of rotatable bonds is 2. The molecule has 2 nitrogen and oxygen atoms in total. The Hall–Kier alpha value is -1.64. The van der Waals surface area contributed by atoms with Crippen LogP contribution in [0.5, 0.6) is 0 Å². The second-order valence-electron chi connectivity index (χ2n) is 4.74. The van der Waals surface area contributed by atoms with Gasteiger partial charge in [-0.15, -0.1) is 0 Å². The van der Waals surface area contributed by atoms with Crippen molar-refractivity contribution in [1.82, 2.24) is 4.98 Å². The van der Waals surface area contributed by atoms with E-state index < -0.39 is 0 Å². The van der Waals surface area contributed by atoms with Crippen molar-refractivity contribution >= 4 is 16.6 Å². The van der Waals surface area contributed by atoms with Crippen LogP contribution in [0.4, 0.5) is 10.1 Å². The van der Waals surface area contributed by atoms with Crippen molar-refractivity contribution < 1.29 is 4.39 Å². The number of pyridine rings is 1. The van der Waals surface area contributed by atoms with E-state index in [1.807, 2.05) is 14.0 Å². The first-order valence-electron chi connectivity index (χ1n) is 5.97. The molecule has 1 N–H and O–H groups in total. The van der Waals surface area contributed by atoms with E-state index in [1.165, 1.54) is 18.9 Å². The van der Waals surface area contributed by atoms with E-state index in [2.05, 4.69) is 16.4 Å². The summed E-state index contributed by atoms with van der Waals surface area (Å²) < 4.78 is 13.4. The maximum Gasteiger partial charge on any atom is 0.125 e. The highest BCUT2D eigenvalue weighted by Gasteiger charge is 2.26. The Morgan fingerprint density at radius 1 is 1.29 bits per heavy atom. The summed E-state index contributed by atoms with van der Waals surface area (Å²) in [6, 6.07) is 5.18. The predicted molar refractivity (Wildman–Crippen MR) is 68.0 cm³/mol. The van der Waals surface area contributed by atoms with E-state index in [0.717, 1.165) is 27.8 Å². The number of nitrogens with one attached hydrogen (secondary N) is 1. The summed E-state index contributed by atoms with van der Waals surface area (Å²) in [6.07, 6.45) is 2.41. The van der Waals surface area contributed by atoms with Gasteiger partial charge in [-0.25, -0.2) is 4.39 Å². The molecule has 0 saturated heterocycles. The molecular formula is C14H15FN2. The Kier molecular flexibility index (Phi) is 2.28. The normalized spacial score (nSPS) is 15.2. The molecule has 0 amide bonds. The van der Waals surface area contributed by atoms with Crippen LogP contribution in [0.1, 0.15) is 30.0 Å². The fourth-order valence-electron chi connectivity index (χ4n) is 2.34. The molecule has 0 bridgehead atoms. The van der Waals surface area contributed by atoms with Crippen molar-refractivity contribution in [2.45, 2.75) is 25.7 Å². The van der Waals surface area contributed by atoms with Crippen LogP contribution >= 0.6 is 0 Å². The summed E-state index contributed by atoms with van der Waals surface area (Å²) in [5, 5.41) is 4.22. The summed E-state index contributed by atoms with van der Waals surface area (Å²) in [4.78, 5) is 4.59. The van der Waals surface area contributed by atoms with Crippen LogP contribution in [0.3, 0.4) is 0 Å². The second kappa shape index (κ2) is 3.69. The highest BCUT2D eigenvalue weighted by atomic mass is 19.1. The molecule has 88 valence electrons. The topological polar surface area (TPSA) is 24.9 Å². The summed E-state index contributed by atoms with van der Waals surface area (Å²) in [6.45, 7) is 1.92. The van der Waals surface area contributed by atoms with Gasteiger partial charge < -0.3 is 5.32 Å². The fraction of sp³-hybridized carbons (Fsp3) is 0.357. The van der Waals surface area contributed by atoms with Gasteiger partial charge in [0.1, 0.15) is 5.82 Å². The monoisotopic (exact) mass is 230 g/mol. The van der Waals surface area contributed by atoms with Gasteiger partial charge in [0, 0.05) is 35.8 Å². The molecule has 0 atom stereocenters. The number of benzene rings is 1. The van der Waals surface area contributed by atoms with Gasteiger partial charge in [0.2, 0.25) is 0 Å². The molecule has 0 aliphatic heterocycles. The third-order valence-corrected chi connectivity index (χ3v) is 3.36. The van der Waals surface area contributed by atoms with Gasteiger partial charge in [0.25, 0.3) is 0 Å². The number of hydrogen-bond acceptors (Lipinski definition) is 2. The highest BCUT2D eigenvalue weighted by Crippen LogP contribution is 2.41. The van der Waals surface area contributed by atoms with Gasteiger partial charge in [0.15, 0.2) is 0 Å². The summed E-state index contributed by atoms with van der Waals surface area (Å²) in [5.74, 6) is 0.368. The van der Waals surface area contributed by atoms with Crippen LogP contribution in [0, 0.1) is 12.7 Å². The molecule has 1 heterocycles. The summed E-state index contributed by atoms with van der Waals surface area (Å²) in [7, 11) is 1.90. The molecule has 17 heavy (non-hydrogen) atoms. The fourth-order valence-corrected chi connectivity index (χ4v) is 2.34. The molecule has 1 fully saturated rings. The third kappa shape index (κ3) is 1.75. The average Bonchev–Trinajstić information content (AvgIpc) is 3.10. The number of halogens is 1. The Morgan fingerprint density at radius 3 is 2.71 bits per heavy atom. The maximum atomic E-state index is 13.4. The molecule has 0 unspecified atom stereocenters. The van der Waals surface area contributed by atoms with Crippen molar-refractivity contribution in [2.75, 3.05) is 12.4 Å². The Labute approximate surface area is 99.9 Å². The first kappa shape index (κ1) is 10.5. The smallest absolute Gasteiger partial charge is 0.125 e. The maximum absolute atomic E-state index is 13.4. The molecule has 1 saturated carbocycles. The van der Waals surface area contributed by atoms with Gasteiger partial charge in [0.05, 0.1) is 5.52 Å². The molecule has 3 heteroatoms.